The van der Waals surface area contributed by atoms with Crippen molar-refractivity contribution in [3.05, 3.63) is 145 Å². The van der Waals surface area contributed by atoms with Crippen LogP contribution in [-0.2, 0) is 98.3 Å². The summed E-state index contributed by atoms with van der Waals surface area (Å²) in [6.07, 6.45) is 20.6. The fraction of sp³-hybridized carbons (Fsp3) is 0.689. The third-order valence-electron chi connectivity index (χ3n) is 23.6. The molecular formula is C103H155Cl6N2O23P. The summed E-state index contributed by atoms with van der Waals surface area (Å²) in [6.45, 7) is 9.23. The molecule has 2 amide bonds. The maximum Gasteiger partial charge on any atom is 0.588 e. The molecule has 4 aromatic rings. The summed E-state index contributed by atoms with van der Waals surface area (Å²) in [5, 5.41) is 19.0. The van der Waals surface area contributed by atoms with Crippen molar-refractivity contribution in [2.75, 3.05) is 33.0 Å². The molecule has 0 unspecified atom stereocenters. The van der Waals surface area contributed by atoms with Crippen molar-refractivity contribution in [2.24, 2.45) is 0 Å². The lowest BCUT2D eigenvalue weighted by Crippen LogP contribution is -2.68. The van der Waals surface area contributed by atoms with Gasteiger partial charge in [-0.15, -0.1) is 6.58 Å². The van der Waals surface area contributed by atoms with E-state index in [-0.39, 0.29) is 57.0 Å². The Labute approximate surface area is 834 Å². The highest BCUT2D eigenvalue weighted by molar-refractivity contribution is 7.49. The number of carbonyl (C=O) groups excluding carboxylic acids is 6. The first-order valence-corrected chi connectivity index (χ1v) is 53.7. The van der Waals surface area contributed by atoms with Gasteiger partial charge in [-0.25, -0.2) is 14.2 Å². The number of aliphatic hydroxyl groups excluding tert-OH is 1. The molecule has 0 aliphatic carbocycles. The number of aliphatic hydroxyl groups is 1. The number of esters is 3. The Morgan fingerprint density at radius 3 is 1.25 bits per heavy atom. The predicted octanol–water partition coefficient (Wildman–Crippen LogP) is 26.7. The number of hydrogen-bond donors (Lipinski definition) is 3. The minimum atomic E-state index is -5.29. The van der Waals surface area contributed by atoms with E-state index in [9.17, 15) is 19.5 Å². The van der Waals surface area contributed by atoms with E-state index in [2.05, 4.69) is 44.9 Å². The SMILES string of the molecule is C=CCO[C@H]1O[C@H](CO[C@@H]2O[C@H](COC(=O)OCC(Cl)(Cl)Cl)[C@@H](OP(=O)(Oc3ccccc3)Oc3ccccc3)[C@H](OC(=O)C[C@@H](CCCCCCCCCCC)OC(=O)CCCCCCCCCCCCC)[C@H]2NC(=O)OCC(Cl)(Cl)Cl)[C@@H](O)[C@H](OC(=O)C[C@@H](CCCCCCCCCCC)OCc2ccccc2)[C@H]1NC(=O)C[C@@H](CCCCCCCCCCC)OCc1ccccc1. The van der Waals surface area contributed by atoms with Crippen LogP contribution in [0, 0.1) is 0 Å². The molecule has 2 aliphatic rings. The molecule has 25 nitrogen and oxygen atoms in total. The number of rotatable bonds is 75. The molecule has 2 heterocycles. The molecule has 0 radical (unpaired) electrons. The quantitative estimate of drug-likeness (QED) is 0.00923. The molecule has 2 saturated heterocycles. The number of halogens is 6. The standard InChI is InChI=1S/C103H155Cl6N2O23P/c1-6-11-15-19-23-27-28-32-36-40-56-68-89(113)127-85(67-51-39-35-31-26-22-18-14-9-4)72-91(115)131-97-93(111-100(117)125-77-102(104,105)106)99(129-87(76-124-101(118)126-78-103(107,108)109)95(97)134-135(119,132-81-61-52-43-53-62-81)133-82-63-54-44-55-64-82)123-75-86-94(116)96(130-90(114)71-84(122-74-80-59-47-42-48-60-80)66-50-38-34-30-25-21-17-13-8-3)92(98(128-86)120-69-10-5)110-88(112)70-83(121-73-79-57-45-41-46-58-79)65-49-37-33-29-24-20-16-12-7-2/h10,41-48,52-55,57-64,83-87,92-99,116H,5-9,11-40,49-51,56,65-78H2,1-4H3,(H,110,112)(H,111,117)/t83-,84-,85-,86-,87-,92-,93-,94-,95-,96-,97-,98+,99-/m1/s1. The van der Waals surface area contributed by atoms with Gasteiger partial charge < -0.3 is 81.6 Å². The molecule has 3 N–H and O–H groups in total. The molecule has 0 aromatic heterocycles. The molecule has 2 fully saturated rings. The van der Waals surface area contributed by atoms with Gasteiger partial charge in [0.05, 0.1) is 57.9 Å². The van der Waals surface area contributed by atoms with Gasteiger partial charge >= 0.3 is 38.0 Å². The van der Waals surface area contributed by atoms with Crippen LogP contribution in [-0.4, -0.2) is 161 Å². The van der Waals surface area contributed by atoms with E-state index in [1.165, 1.54) is 94.5 Å². The number of para-hydroxylation sites is 2. The van der Waals surface area contributed by atoms with E-state index in [1.807, 2.05) is 60.7 Å². The van der Waals surface area contributed by atoms with Crippen molar-refractivity contribution in [1.29, 1.82) is 0 Å². The minimum Gasteiger partial charge on any atom is -0.462 e. The van der Waals surface area contributed by atoms with Gasteiger partial charge in [-0.3, -0.25) is 23.7 Å². The Morgan fingerprint density at radius 1 is 0.430 bits per heavy atom. The Bertz CT molecular complexity index is 3800. The van der Waals surface area contributed by atoms with Gasteiger partial charge in [0, 0.05) is 6.42 Å². The molecule has 135 heavy (non-hydrogen) atoms. The molecule has 0 saturated carbocycles. The second-order valence-corrected chi connectivity index (χ2v) is 41.9. The second-order valence-electron chi connectivity index (χ2n) is 35.4. The first-order valence-electron chi connectivity index (χ1n) is 50.0. The van der Waals surface area contributed by atoms with Gasteiger partial charge in [-0.1, -0.05) is 432 Å². The Kier molecular flexibility index (Phi) is 61.9. The summed E-state index contributed by atoms with van der Waals surface area (Å²) in [5.41, 5.74) is 1.77. The number of nitrogens with one attached hydrogen (secondary N) is 2. The van der Waals surface area contributed by atoms with Crippen LogP contribution in [0.15, 0.2) is 134 Å². The minimum absolute atomic E-state index is 0.0649. The zero-order chi connectivity index (χ0) is 97.4. The van der Waals surface area contributed by atoms with Crippen molar-refractivity contribution in [3.8, 4) is 11.5 Å². The summed E-state index contributed by atoms with van der Waals surface area (Å²) in [6, 6.07) is 31.1. The third-order valence-corrected chi connectivity index (χ3v) is 25.6. The van der Waals surface area contributed by atoms with Crippen LogP contribution in [0.25, 0.3) is 0 Å². The fourth-order valence-corrected chi connectivity index (χ4v) is 18.0. The van der Waals surface area contributed by atoms with Crippen LogP contribution >= 0.6 is 77.4 Å². The first-order chi connectivity index (χ1) is 65.3. The molecule has 0 spiro atoms. The topological polar surface area (TPSA) is 302 Å². The summed E-state index contributed by atoms with van der Waals surface area (Å²) in [4.78, 5) is 88.8. The van der Waals surface area contributed by atoms with E-state index >= 15 is 18.9 Å². The van der Waals surface area contributed by atoms with Crippen LogP contribution in [0.3, 0.4) is 0 Å². The number of hydrogen-bond acceptors (Lipinski definition) is 23. The largest absolute Gasteiger partial charge is 0.588 e. The highest BCUT2D eigenvalue weighted by atomic mass is 35.6. The van der Waals surface area contributed by atoms with Gasteiger partial charge in [-0.05, 0) is 67.5 Å². The van der Waals surface area contributed by atoms with E-state index in [0.717, 1.165) is 178 Å². The van der Waals surface area contributed by atoms with Crippen molar-refractivity contribution < 1.29 is 109 Å². The van der Waals surface area contributed by atoms with Gasteiger partial charge in [0.15, 0.2) is 24.8 Å². The lowest BCUT2D eigenvalue weighted by Gasteiger charge is -2.47. The van der Waals surface area contributed by atoms with Gasteiger partial charge in [0.1, 0.15) is 73.9 Å². The number of phosphoric acid groups is 1. The number of carbonyl (C=O) groups is 6. The third kappa shape index (κ3) is 53.7. The van der Waals surface area contributed by atoms with E-state index in [1.54, 1.807) is 36.4 Å². The van der Waals surface area contributed by atoms with E-state index in [4.69, 9.17) is 140 Å². The van der Waals surface area contributed by atoms with Crippen molar-refractivity contribution >= 4 is 113 Å². The van der Waals surface area contributed by atoms with Crippen molar-refractivity contribution in [1.82, 2.24) is 10.6 Å². The number of alkyl carbamates (subject to hydrolysis) is 1. The number of unbranched alkanes of at least 4 members (excludes halogenated alkanes) is 34. The summed E-state index contributed by atoms with van der Waals surface area (Å²) in [5.74, 6) is -3.14. The zero-order valence-electron chi connectivity index (χ0n) is 80.3. The highest BCUT2D eigenvalue weighted by Crippen LogP contribution is 2.53. The molecule has 13 atom stereocenters. The number of alkyl halides is 6. The van der Waals surface area contributed by atoms with Crippen LogP contribution in [0.2, 0.25) is 0 Å². The summed E-state index contributed by atoms with van der Waals surface area (Å²) >= 11 is 36.9. The normalized spacial score (nSPS) is 19.2. The lowest BCUT2D eigenvalue weighted by atomic mass is 9.95. The van der Waals surface area contributed by atoms with E-state index < -0.39 is 164 Å². The average Bonchev–Trinajstić information content (AvgIpc) is 0.775. The highest BCUT2D eigenvalue weighted by Gasteiger charge is 2.56. The first kappa shape index (κ1) is 118. The van der Waals surface area contributed by atoms with E-state index in [0.29, 0.717) is 25.7 Å². The Morgan fingerprint density at radius 2 is 0.807 bits per heavy atom. The van der Waals surface area contributed by atoms with Crippen LogP contribution in [0.4, 0.5) is 9.59 Å². The Hall–Kier alpha value is -5.71. The monoisotopic (exact) mass is 2030 g/mol. The lowest BCUT2D eigenvalue weighted by molar-refractivity contribution is -0.303. The van der Waals surface area contributed by atoms with Gasteiger partial charge in [0.2, 0.25) is 13.5 Å². The molecule has 2 aliphatic heterocycles. The number of phosphoric ester groups is 1. The second kappa shape index (κ2) is 70.8. The summed E-state index contributed by atoms with van der Waals surface area (Å²) < 4.78 is 107. The van der Waals surface area contributed by atoms with Gasteiger partial charge in [-0.2, -0.15) is 0 Å². The predicted molar refractivity (Wildman–Crippen MR) is 530 cm³/mol. The van der Waals surface area contributed by atoms with Crippen LogP contribution in [0.5, 0.6) is 11.5 Å². The maximum absolute atomic E-state index is 16.1. The van der Waals surface area contributed by atoms with Crippen LogP contribution in [0.1, 0.15) is 328 Å². The summed E-state index contributed by atoms with van der Waals surface area (Å²) in [7, 11) is -5.29. The number of amides is 2. The average molecular weight is 2030 g/mol. The number of ether oxygens (including phenoxy) is 12. The van der Waals surface area contributed by atoms with Crippen molar-refractivity contribution in [3.63, 3.8) is 0 Å². The molecule has 762 valence electrons. The van der Waals surface area contributed by atoms with Crippen molar-refractivity contribution in [2.45, 2.75) is 417 Å². The molecule has 0 bridgehead atoms. The maximum atomic E-state index is 16.1. The molecule has 6 rings (SSSR count). The van der Waals surface area contributed by atoms with Gasteiger partial charge in [0.25, 0.3) is 0 Å². The zero-order valence-corrected chi connectivity index (χ0v) is 85.7. The smallest absolute Gasteiger partial charge is 0.462 e. The molecule has 4 aromatic carbocycles. The van der Waals surface area contributed by atoms with Crippen LogP contribution < -0.4 is 19.7 Å². The number of benzene rings is 4. The molecular weight excluding hydrogens is 1880 g/mol. The molecule has 32 heteroatoms. The Balaban J connectivity index is 1.48. The fourth-order valence-electron chi connectivity index (χ4n) is 16.3.